The van der Waals surface area contributed by atoms with Gasteiger partial charge >= 0.3 is 0 Å². The Morgan fingerprint density at radius 1 is 1.09 bits per heavy atom. The summed E-state index contributed by atoms with van der Waals surface area (Å²) >= 11 is 0. The van der Waals surface area contributed by atoms with Gasteiger partial charge in [0.05, 0.1) is 13.2 Å². The largest absolute Gasteiger partial charge is 0.508 e. The van der Waals surface area contributed by atoms with Crippen molar-refractivity contribution in [1.82, 2.24) is 16.0 Å². The number of ether oxygens (including phenoxy) is 1. The zero-order valence-corrected chi connectivity index (χ0v) is 20.8. The van der Waals surface area contributed by atoms with E-state index in [2.05, 4.69) is 20.9 Å². The molecule has 32 heavy (non-hydrogen) atoms. The van der Waals surface area contributed by atoms with E-state index in [0.29, 0.717) is 31.1 Å². The monoisotopic (exact) mass is 552 g/mol. The van der Waals surface area contributed by atoms with E-state index < -0.39 is 0 Å². The predicted molar refractivity (Wildman–Crippen MR) is 138 cm³/mol. The first-order valence-corrected chi connectivity index (χ1v) is 11.0. The average molecular weight is 552 g/mol. The second kappa shape index (κ2) is 13.8. The first-order valence-electron chi connectivity index (χ1n) is 11.0. The number of carbonyl (C=O) groups is 1. The van der Waals surface area contributed by atoms with Crippen LogP contribution in [0, 0.1) is 5.92 Å². The smallest absolute Gasteiger partial charge is 0.251 e. The van der Waals surface area contributed by atoms with Crippen molar-refractivity contribution in [2.75, 3.05) is 26.2 Å². The van der Waals surface area contributed by atoms with E-state index in [-0.39, 0.29) is 35.6 Å². The van der Waals surface area contributed by atoms with E-state index in [1.807, 2.05) is 31.2 Å². The normalized spacial score (nSPS) is 13.1. The molecule has 7 nitrogen and oxygen atoms in total. The van der Waals surface area contributed by atoms with Crippen molar-refractivity contribution in [2.45, 2.75) is 32.7 Å². The molecule has 1 aliphatic rings. The maximum absolute atomic E-state index is 12.1. The summed E-state index contributed by atoms with van der Waals surface area (Å²) in [4.78, 5) is 16.8. The molecule has 0 saturated heterocycles. The molecule has 2 aromatic carbocycles. The number of aliphatic imine (C=N–C) groups is 1. The van der Waals surface area contributed by atoms with Crippen molar-refractivity contribution in [3.05, 3.63) is 59.7 Å². The second-order valence-electron chi connectivity index (χ2n) is 7.64. The van der Waals surface area contributed by atoms with Gasteiger partial charge in [-0.1, -0.05) is 24.3 Å². The van der Waals surface area contributed by atoms with Gasteiger partial charge in [0.1, 0.15) is 11.5 Å². The number of para-hydroxylation sites is 1. The first kappa shape index (κ1) is 25.8. The number of hydrogen-bond acceptors (Lipinski definition) is 4. The zero-order valence-electron chi connectivity index (χ0n) is 18.5. The highest BCUT2D eigenvalue weighted by atomic mass is 127. The van der Waals surface area contributed by atoms with Crippen LogP contribution in [0.15, 0.2) is 53.5 Å². The zero-order chi connectivity index (χ0) is 21.9. The molecule has 0 atom stereocenters. The summed E-state index contributed by atoms with van der Waals surface area (Å²) in [6.45, 7) is 5.31. The summed E-state index contributed by atoms with van der Waals surface area (Å²) < 4.78 is 5.97. The highest BCUT2D eigenvalue weighted by molar-refractivity contribution is 14.0. The number of aromatic hydroxyl groups is 1. The van der Waals surface area contributed by atoms with Crippen LogP contribution in [0.5, 0.6) is 11.5 Å². The van der Waals surface area contributed by atoms with Gasteiger partial charge < -0.3 is 25.8 Å². The van der Waals surface area contributed by atoms with E-state index in [4.69, 9.17) is 4.74 Å². The number of rotatable bonds is 11. The van der Waals surface area contributed by atoms with Gasteiger partial charge in [0.25, 0.3) is 5.91 Å². The fourth-order valence-electron chi connectivity index (χ4n) is 3.02. The lowest BCUT2D eigenvalue weighted by Crippen LogP contribution is -2.38. The summed E-state index contributed by atoms with van der Waals surface area (Å²) in [5.41, 5.74) is 1.52. The molecule has 3 rings (SSSR count). The topological polar surface area (TPSA) is 95.0 Å². The predicted octanol–water partition coefficient (Wildman–Crippen LogP) is 3.67. The minimum absolute atomic E-state index is 0. The molecule has 8 heteroatoms. The fourth-order valence-corrected chi connectivity index (χ4v) is 3.02. The lowest BCUT2D eigenvalue weighted by Gasteiger charge is -2.13. The average Bonchev–Trinajstić information content (AvgIpc) is 3.60. The number of phenolic OH excluding ortho intramolecular Hbond substituents is 1. The van der Waals surface area contributed by atoms with Crippen molar-refractivity contribution >= 4 is 35.8 Å². The van der Waals surface area contributed by atoms with Gasteiger partial charge in [-0.05, 0) is 56.4 Å². The van der Waals surface area contributed by atoms with Crippen LogP contribution in [0.4, 0.5) is 0 Å². The molecule has 0 aromatic heterocycles. The van der Waals surface area contributed by atoms with Gasteiger partial charge in [0.2, 0.25) is 0 Å². The number of halogens is 1. The van der Waals surface area contributed by atoms with E-state index in [0.717, 1.165) is 36.8 Å². The van der Waals surface area contributed by atoms with Gasteiger partial charge in [-0.3, -0.25) is 4.79 Å². The van der Waals surface area contributed by atoms with Crippen molar-refractivity contribution in [3.8, 4) is 11.5 Å². The molecule has 1 fully saturated rings. The van der Waals surface area contributed by atoms with Gasteiger partial charge in [0, 0.05) is 30.8 Å². The Labute approximate surface area is 207 Å². The molecule has 0 unspecified atom stereocenters. The molecule has 1 aliphatic carbocycles. The van der Waals surface area contributed by atoms with Gasteiger partial charge in [-0.15, -0.1) is 24.0 Å². The van der Waals surface area contributed by atoms with Crippen molar-refractivity contribution in [3.63, 3.8) is 0 Å². The number of benzene rings is 2. The minimum Gasteiger partial charge on any atom is -0.508 e. The molecular weight excluding hydrogens is 519 g/mol. The minimum atomic E-state index is -0.195. The standard InChI is InChI=1S/C24H32N4O3.HI/c1-2-25-24(27-14-6-13-26-23(30)19-8-5-9-21(29)15-19)28-16-20-7-3-4-10-22(20)31-17-18-11-12-18;/h3-5,7-10,15,18,29H,2,6,11-14,16-17H2,1H3,(H,26,30)(H2,25,27,28);1H. The Bertz CT molecular complexity index is 887. The SMILES string of the molecule is CCNC(=NCc1ccccc1OCC1CC1)NCCCNC(=O)c1cccc(O)c1.I. The lowest BCUT2D eigenvalue weighted by molar-refractivity contribution is 0.0953. The molecule has 174 valence electrons. The van der Waals surface area contributed by atoms with E-state index in [1.54, 1.807) is 18.2 Å². The summed E-state index contributed by atoms with van der Waals surface area (Å²) in [5, 5.41) is 18.9. The Morgan fingerprint density at radius 2 is 1.88 bits per heavy atom. The number of carbonyl (C=O) groups excluding carboxylic acids is 1. The Balaban J connectivity index is 0.00000363. The number of guanidine groups is 1. The molecule has 0 bridgehead atoms. The number of nitrogens with zero attached hydrogens (tertiary/aromatic N) is 1. The lowest BCUT2D eigenvalue weighted by atomic mass is 10.2. The van der Waals surface area contributed by atoms with Crippen LogP contribution in [-0.4, -0.2) is 43.2 Å². The van der Waals surface area contributed by atoms with Gasteiger partial charge in [0.15, 0.2) is 5.96 Å². The third-order valence-electron chi connectivity index (χ3n) is 4.94. The van der Waals surface area contributed by atoms with Crippen LogP contribution in [0.3, 0.4) is 0 Å². The molecule has 0 radical (unpaired) electrons. The summed E-state index contributed by atoms with van der Waals surface area (Å²) in [7, 11) is 0. The van der Waals surface area contributed by atoms with Crippen LogP contribution in [0.2, 0.25) is 0 Å². The van der Waals surface area contributed by atoms with E-state index in [9.17, 15) is 9.90 Å². The van der Waals surface area contributed by atoms with Crippen LogP contribution in [0.25, 0.3) is 0 Å². The molecule has 0 spiro atoms. The maximum Gasteiger partial charge on any atom is 0.251 e. The van der Waals surface area contributed by atoms with Crippen LogP contribution >= 0.6 is 24.0 Å². The highest BCUT2D eigenvalue weighted by Crippen LogP contribution is 2.30. The Kier molecular flexibility index (Phi) is 11.1. The molecule has 4 N–H and O–H groups in total. The highest BCUT2D eigenvalue weighted by Gasteiger charge is 2.22. The Hall–Kier alpha value is -2.49. The Morgan fingerprint density at radius 3 is 2.62 bits per heavy atom. The van der Waals surface area contributed by atoms with Crippen LogP contribution in [0.1, 0.15) is 42.1 Å². The third-order valence-corrected chi connectivity index (χ3v) is 4.94. The quantitative estimate of drug-likeness (QED) is 0.148. The number of hydrogen-bond donors (Lipinski definition) is 4. The molecule has 2 aromatic rings. The summed E-state index contributed by atoms with van der Waals surface area (Å²) in [6.07, 6.45) is 3.28. The summed E-state index contributed by atoms with van der Waals surface area (Å²) in [6, 6.07) is 14.4. The van der Waals surface area contributed by atoms with Crippen LogP contribution in [-0.2, 0) is 6.54 Å². The maximum atomic E-state index is 12.1. The van der Waals surface area contributed by atoms with E-state index >= 15 is 0 Å². The van der Waals surface area contributed by atoms with Gasteiger partial charge in [-0.2, -0.15) is 0 Å². The fraction of sp³-hybridized carbons (Fsp3) is 0.417. The van der Waals surface area contributed by atoms with Gasteiger partial charge in [-0.25, -0.2) is 4.99 Å². The summed E-state index contributed by atoms with van der Waals surface area (Å²) in [5.74, 6) is 2.24. The molecule has 1 saturated carbocycles. The molecule has 0 aliphatic heterocycles. The third kappa shape index (κ3) is 8.94. The molecule has 0 heterocycles. The van der Waals surface area contributed by atoms with Crippen molar-refractivity contribution < 1.29 is 14.6 Å². The molecular formula is C24H33IN4O3. The van der Waals surface area contributed by atoms with E-state index in [1.165, 1.54) is 18.9 Å². The van der Waals surface area contributed by atoms with Crippen molar-refractivity contribution in [2.24, 2.45) is 10.9 Å². The number of phenols is 1. The number of amides is 1. The second-order valence-corrected chi connectivity index (χ2v) is 7.64. The first-order chi connectivity index (χ1) is 15.2. The van der Waals surface area contributed by atoms with Crippen LogP contribution < -0.4 is 20.7 Å². The molecule has 1 amide bonds. The number of nitrogens with one attached hydrogen (secondary N) is 3. The van der Waals surface area contributed by atoms with Crippen molar-refractivity contribution in [1.29, 1.82) is 0 Å².